The number of ether oxygens (including phenoxy) is 1. The molecule has 0 bridgehead atoms. The SMILES string of the molecule is CCCCOC(=O)NC(CC(C)C)C(=O)NCC(C)C. The number of hydrogen-bond acceptors (Lipinski definition) is 3. The summed E-state index contributed by atoms with van der Waals surface area (Å²) >= 11 is 0. The maximum absolute atomic E-state index is 12.1. The van der Waals surface area contributed by atoms with Crippen LogP contribution in [0, 0.1) is 11.8 Å². The van der Waals surface area contributed by atoms with Gasteiger partial charge in [-0.2, -0.15) is 0 Å². The Hall–Kier alpha value is -1.26. The van der Waals surface area contributed by atoms with Crippen molar-refractivity contribution in [1.82, 2.24) is 10.6 Å². The minimum Gasteiger partial charge on any atom is -0.450 e. The summed E-state index contributed by atoms with van der Waals surface area (Å²) in [5.74, 6) is 0.565. The highest BCUT2D eigenvalue weighted by molar-refractivity contribution is 5.85. The molecule has 0 aliphatic heterocycles. The van der Waals surface area contributed by atoms with Gasteiger partial charge in [-0.15, -0.1) is 0 Å². The zero-order chi connectivity index (χ0) is 15.5. The molecule has 2 N–H and O–H groups in total. The summed E-state index contributed by atoms with van der Waals surface area (Å²) in [6, 6.07) is -0.525. The number of carbonyl (C=O) groups is 2. The lowest BCUT2D eigenvalue weighted by Crippen LogP contribution is -2.48. The smallest absolute Gasteiger partial charge is 0.407 e. The molecule has 0 aliphatic rings. The summed E-state index contributed by atoms with van der Waals surface area (Å²) in [7, 11) is 0. The van der Waals surface area contributed by atoms with Crippen LogP contribution in [-0.2, 0) is 9.53 Å². The van der Waals surface area contributed by atoms with Gasteiger partial charge < -0.3 is 15.4 Å². The summed E-state index contributed by atoms with van der Waals surface area (Å²) in [5, 5.41) is 5.51. The number of hydrogen-bond donors (Lipinski definition) is 2. The van der Waals surface area contributed by atoms with Gasteiger partial charge in [-0.05, 0) is 24.7 Å². The number of amides is 2. The number of rotatable bonds is 9. The second-order valence-corrected chi connectivity index (χ2v) is 5.95. The van der Waals surface area contributed by atoms with Gasteiger partial charge >= 0.3 is 6.09 Å². The van der Waals surface area contributed by atoms with Gasteiger partial charge in [0, 0.05) is 6.54 Å². The Bertz CT molecular complexity index is 291. The van der Waals surface area contributed by atoms with Gasteiger partial charge in [0.2, 0.25) is 5.91 Å². The molecule has 2 amide bonds. The average Bonchev–Trinajstić information content (AvgIpc) is 2.34. The number of alkyl carbamates (subject to hydrolysis) is 1. The molecule has 5 nitrogen and oxygen atoms in total. The first-order chi connectivity index (χ1) is 9.36. The van der Waals surface area contributed by atoms with Crippen LogP contribution in [0.4, 0.5) is 4.79 Å². The van der Waals surface area contributed by atoms with Crippen LogP contribution in [-0.4, -0.2) is 31.2 Å². The number of carbonyl (C=O) groups excluding carboxylic acids is 2. The van der Waals surface area contributed by atoms with E-state index in [9.17, 15) is 9.59 Å². The van der Waals surface area contributed by atoms with Gasteiger partial charge in [0.05, 0.1) is 6.61 Å². The van der Waals surface area contributed by atoms with Crippen LogP contribution in [0.2, 0.25) is 0 Å². The van der Waals surface area contributed by atoms with E-state index in [0.717, 1.165) is 12.8 Å². The van der Waals surface area contributed by atoms with Gasteiger partial charge in [-0.25, -0.2) is 4.79 Å². The third-order valence-electron chi connectivity index (χ3n) is 2.73. The zero-order valence-electron chi connectivity index (χ0n) is 13.5. The number of unbranched alkanes of at least 4 members (excludes halogenated alkanes) is 1. The molecule has 1 atom stereocenters. The van der Waals surface area contributed by atoms with Gasteiger partial charge in [0.25, 0.3) is 0 Å². The van der Waals surface area contributed by atoms with Crippen LogP contribution in [0.5, 0.6) is 0 Å². The predicted octanol–water partition coefficient (Wildman–Crippen LogP) is 2.70. The third kappa shape index (κ3) is 9.64. The molecular formula is C15H30N2O3. The summed E-state index contributed by atoms with van der Waals surface area (Å²) in [4.78, 5) is 23.7. The van der Waals surface area contributed by atoms with Crippen LogP contribution in [0.3, 0.4) is 0 Å². The minimum atomic E-state index is -0.525. The lowest BCUT2D eigenvalue weighted by molar-refractivity contribution is -0.123. The van der Waals surface area contributed by atoms with Gasteiger partial charge in [-0.1, -0.05) is 41.0 Å². The molecule has 0 aromatic rings. The first kappa shape index (κ1) is 18.7. The maximum Gasteiger partial charge on any atom is 0.407 e. The molecule has 0 radical (unpaired) electrons. The van der Waals surface area contributed by atoms with Crippen molar-refractivity contribution in [2.24, 2.45) is 11.8 Å². The summed E-state index contributed by atoms with van der Waals surface area (Å²) in [5.41, 5.74) is 0. The molecular weight excluding hydrogens is 256 g/mol. The largest absolute Gasteiger partial charge is 0.450 e. The van der Waals surface area contributed by atoms with Crippen LogP contribution in [0.1, 0.15) is 53.9 Å². The molecule has 0 rings (SSSR count). The van der Waals surface area contributed by atoms with Gasteiger partial charge in [-0.3, -0.25) is 4.79 Å². The highest BCUT2D eigenvalue weighted by atomic mass is 16.5. The zero-order valence-corrected chi connectivity index (χ0v) is 13.5. The second kappa shape index (κ2) is 10.5. The van der Waals surface area contributed by atoms with Gasteiger partial charge in [0.15, 0.2) is 0 Å². The van der Waals surface area contributed by atoms with Crippen molar-refractivity contribution in [3.63, 3.8) is 0 Å². The number of nitrogens with one attached hydrogen (secondary N) is 2. The minimum absolute atomic E-state index is 0.139. The molecule has 0 aliphatic carbocycles. The van der Waals surface area contributed by atoms with E-state index >= 15 is 0 Å². The first-order valence-electron chi connectivity index (χ1n) is 7.57. The molecule has 0 saturated carbocycles. The van der Waals surface area contributed by atoms with Crippen LogP contribution < -0.4 is 10.6 Å². The van der Waals surface area contributed by atoms with E-state index in [4.69, 9.17) is 4.74 Å². The third-order valence-corrected chi connectivity index (χ3v) is 2.73. The topological polar surface area (TPSA) is 67.4 Å². The van der Waals surface area contributed by atoms with Crippen LogP contribution in [0.15, 0.2) is 0 Å². The molecule has 118 valence electrons. The highest BCUT2D eigenvalue weighted by Gasteiger charge is 2.22. The quantitative estimate of drug-likeness (QED) is 0.640. The Morgan fingerprint density at radius 3 is 2.25 bits per heavy atom. The Balaban J connectivity index is 4.32. The normalized spacial score (nSPS) is 12.3. The van der Waals surface area contributed by atoms with E-state index in [-0.39, 0.29) is 5.91 Å². The fraction of sp³-hybridized carbons (Fsp3) is 0.867. The average molecular weight is 286 g/mol. The van der Waals surface area contributed by atoms with E-state index in [0.29, 0.717) is 31.4 Å². The van der Waals surface area contributed by atoms with Crippen molar-refractivity contribution in [2.75, 3.05) is 13.2 Å². The van der Waals surface area contributed by atoms with E-state index in [1.165, 1.54) is 0 Å². The molecule has 0 heterocycles. The molecule has 1 unspecified atom stereocenters. The van der Waals surface area contributed by atoms with Crippen molar-refractivity contribution >= 4 is 12.0 Å². The van der Waals surface area contributed by atoms with Crippen LogP contribution >= 0.6 is 0 Å². The molecule has 0 fully saturated rings. The van der Waals surface area contributed by atoms with E-state index < -0.39 is 12.1 Å². The Morgan fingerprint density at radius 2 is 1.75 bits per heavy atom. The molecule has 0 aromatic carbocycles. The van der Waals surface area contributed by atoms with Crippen molar-refractivity contribution in [3.8, 4) is 0 Å². The van der Waals surface area contributed by atoms with Gasteiger partial charge in [0.1, 0.15) is 6.04 Å². The molecule has 0 spiro atoms. The van der Waals surface area contributed by atoms with E-state index in [1.54, 1.807) is 0 Å². The van der Waals surface area contributed by atoms with Crippen molar-refractivity contribution in [3.05, 3.63) is 0 Å². The Labute approximate surface area is 122 Å². The van der Waals surface area contributed by atoms with Crippen molar-refractivity contribution in [1.29, 1.82) is 0 Å². The van der Waals surface area contributed by atoms with Crippen molar-refractivity contribution in [2.45, 2.75) is 59.9 Å². The fourth-order valence-electron chi connectivity index (χ4n) is 1.62. The Morgan fingerprint density at radius 1 is 1.10 bits per heavy atom. The molecule has 20 heavy (non-hydrogen) atoms. The van der Waals surface area contributed by atoms with E-state index in [2.05, 4.69) is 10.6 Å². The van der Waals surface area contributed by atoms with E-state index in [1.807, 2.05) is 34.6 Å². The highest BCUT2D eigenvalue weighted by Crippen LogP contribution is 2.06. The standard InChI is InChI=1S/C15H30N2O3/c1-6-7-8-20-15(19)17-13(9-11(2)3)14(18)16-10-12(4)5/h11-13H,6-10H2,1-5H3,(H,16,18)(H,17,19). The lowest BCUT2D eigenvalue weighted by Gasteiger charge is -2.20. The summed E-state index contributed by atoms with van der Waals surface area (Å²) < 4.78 is 5.04. The lowest BCUT2D eigenvalue weighted by atomic mass is 10.0. The summed E-state index contributed by atoms with van der Waals surface area (Å²) in [6.07, 6.45) is 1.90. The Kier molecular flexibility index (Phi) is 9.86. The molecule has 5 heteroatoms. The summed E-state index contributed by atoms with van der Waals surface area (Å²) in [6.45, 7) is 11.1. The monoisotopic (exact) mass is 286 g/mol. The fourth-order valence-corrected chi connectivity index (χ4v) is 1.62. The van der Waals surface area contributed by atoms with Crippen molar-refractivity contribution < 1.29 is 14.3 Å². The van der Waals surface area contributed by atoms with Crippen LogP contribution in [0.25, 0.3) is 0 Å². The molecule has 0 aromatic heterocycles. The predicted molar refractivity (Wildman–Crippen MR) is 80.5 cm³/mol. The first-order valence-corrected chi connectivity index (χ1v) is 7.57. The maximum atomic E-state index is 12.1. The molecule has 0 saturated heterocycles. The second-order valence-electron chi connectivity index (χ2n) is 5.95.